The minimum Gasteiger partial charge on any atom is -0.378 e. The molecule has 0 radical (unpaired) electrons. The summed E-state index contributed by atoms with van der Waals surface area (Å²) < 4.78 is 7.97. The van der Waals surface area contributed by atoms with Crippen molar-refractivity contribution in [3.63, 3.8) is 0 Å². The van der Waals surface area contributed by atoms with Gasteiger partial charge in [-0.15, -0.1) is 11.3 Å². The molecule has 0 spiro atoms. The molecule has 0 bridgehead atoms. The summed E-state index contributed by atoms with van der Waals surface area (Å²) in [7, 11) is 0. The summed E-state index contributed by atoms with van der Waals surface area (Å²) in [6.07, 6.45) is 7.83. The molecule has 1 N–H and O–H groups in total. The molecule has 1 aliphatic heterocycles. The van der Waals surface area contributed by atoms with E-state index in [1.165, 1.54) is 12.1 Å². The van der Waals surface area contributed by atoms with Crippen LogP contribution in [0.3, 0.4) is 0 Å². The standard InChI is InChI=1S/C15H23N3OS/c1-3-5-16-11-15(4-7-19-12(15)2)9-13-10-18-6-8-20-14(18)17-13/h6,8,10,12,16H,3-5,7,9,11H2,1-2H3. The van der Waals surface area contributed by atoms with Gasteiger partial charge in [-0.25, -0.2) is 4.98 Å². The van der Waals surface area contributed by atoms with Gasteiger partial charge in [-0.2, -0.15) is 0 Å². The number of aromatic nitrogens is 2. The Balaban J connectivity index is 1.77. The summed E-state index contributed by atoms with van der Waals surface area (Å²) in [6.45, 7) is 7.38. The zero-order chi connectivity index (χ0) is 14.0. The smallest absolute Gasteiger partial charge is 0.193 e. The average Bonchev–Trinajstić information content (AvgIpc) is 3.07. The molecule has 5 heteroatoms. The van der Waals surface area contributed by atoms with Gasteiger partial charge in [0.25, 0.3) is 0 Å². The van der Waals surface area contributed by atoms with Gasteiger partial charge in [0.2, 0.25) is 0 Å². The third-order valence-corrected chi connectivity index (χ3v) is 5.18. The van der Waals surface area contributed by atoms with Crippen LogP contribution in [0.15, 0.2) is 17.8 Å². The third kappa shape index (κ3) is 2.62. The molecule has 1 aliphatic rings. The molecule has 3 heterocycles. The minimum atomic E-state index is 0.194. The van der Waals surface area contributed by atoms with Crippen LogP contribution >= 0.6 is 11.3 Å². The van der Waals surface area contributed by atoms with Crippen LogP contribution in [0.2, 0.25) is 0 Å². The number of rotatable bonds is 6. The Morgan fingerprint density at radius 1 is 1.60 bits per heavy atom. The molecule has 1 fully saturated rings. The lowest BCUT2D eigenvalue weighted by molar-refractivity contribution is 0.0627. The summed E-state index contributed by atoms with van der Waals surface area (Å²) in [5.41, 5.74) is 1.38. The molecule has 2 unspecified atom stereocenters. The highest BCUT2D eigenvalue weighted by atomic mass is 32.1. The molecule has 2 atom stereocenters. The zero-order valence-electron chi connectivity index (χ0n) is 12.3. The highest BCUT2D eigenvalue weighted by Crippen LogP contribution is 2.37. The van der Waals surface area contributed by atoms with Gasteiger partial charge < -0.3 is 10.1 Å². The van der Waals surface area contributed by atoms with E-state index in [-0.39, 0.29) is 5.41 Å². The number of fused-ring (bicyclic) bond motifs is 1. The van der Waals surface area contributed by atoms with Crippen molar-refractivity contribution in [3.8, 4) is 0 Å². The number of nitrogens with one attached hydrogen (secondary N) is 1. The van der Waals surface area contributed by atoms with E-state index in [2.05, 4.69) is 41.3 Å². The first-order chi connectivity index (χ1) is 9.73. The van der Waals surface area contributed by atoms with E-state index in [0.717, 1.165) is 37.5 Å². The van der Waals surface area contributed by atoms with E-state index in [1.807, 2.05) is 0 Å². The van der Waals surface area contributed by atoms with Gasteiger partial charge in [0.15, 0.2) is 4.96 Å². The second-order valence-electron chi connectivity index (χ2n) is 5.80. The van der Waals surface area contributed by atoms with Crippen molar-refractivity contribution in [1.29, 1.82) is 0 Å². The highest BCUT2D eigenvalue weighted by Gasteiger charge is 2.41. The van der Waals surface area contributed by atoms with E-state index >= 15 is 0 Å². The van der Waals surface area contributed by atoms with E-state index in [4.69, 9.17) is 9.72 Å². The average molecular weight is 293 g/mol. The number of thiazole rings is 1. The molecule has 0 aromatic carbocycles. The Hall–Kier alpha value is -0.910. The topological polar surface area (TPSA) is 38.6 Å². The number of hydrogen-bond donors (Lipinski definition) is 1. The Kier molecular flexibility index (Phi) is 4.10. The van der Waals surface area contributed by atoms with Gasteiger partial charge in [0.05, 0.1) is 11.8 Å². The van der Waals surface area contributed by atoms with E-state index in [0.29, 0.717) is 6.10 Å². The van der Waals surface area contributed by atoms with E-state index < -0.39 is 0 Å². The quantitative estimate of drug-likeness (QED) is 0.832. The summed E-state index contributed by atoms with van der Waals surface area (Å²) in [5, 5.41) is 5.66. The Labute approximate surface area is 124 Å². The maximum atomic E-state index is 5.86. The number of imidazole rings is 1. The van der Waals surface area contributed by atoms with Crippen LogP contribution in [-0.4, -0.2) is 35.2 Å². The predicted molar refractivity (Wildman–Crippen MR) is 82.4 cm³/mol. The van der Waals surface area contributed by atoms with Gasteiger partial charge >= 0.3 is 0 Å². The van der Waals surface area contributed by atoms with E-state index in [9.17, 15) is 0 Å². The second kappa shape index (κ2) is 5.84. The minimum absolute atomic E-state index is 0.194. The van der Waals surface area contributed by atoms with Crippen molar-refractivity contribution in [1.82, 2.24) is 14.7 Å². The molecule has 2 aromatic heterocycles. The SMILES string of the molecule is CCCNCC1(Cc2cn3ccsc3n2)CCOC1C. The number of hydrogen-bond acceptors (Lipinski definition) is 4. The van der Waals surface area contributed by atoms with Crippen molar-refractivity contribution in [3.05, 3.63) is 23.5 Å². The lowest BCUT2D eigenvalue weighted by Gasteiger charge is -2.32. The summed E-state index contributed by atoms with van der Waals surface area (Å²) >= 11 is 1.69. The molecule has 0 aliphatic carbocycles. The number of ether oxygens (including phenoxy) is 1. The molecule has 0 saturated carbocycles. The normalized spacial score (nSPS) is 26.6. The Morgan fingerprint density at radius 3 is 3.20 bits per heavy atom. The van der Waals surface area contributed by atoms with Crippen molar-refractivity contribution in [2.75, 3.05) is 19.7 Å². The van der Waals surface area contributed by atoms with Gasteiger partial charge in [-0.3, -0.25) is 4.40 Å². The molecule has 110 valence electrons. The predicted octanol–water partition coefficient (Wildman–Crippen LogP) is 2.73. The largest absolute Gasteiger partial charge is 0.378 e. The van der Waals surface area contributed by atoms with Crippen LogP contribution < -0.4 is 5.32 Å². The Morgan fingerprint density at radius 2 is 2.50 bits per heavy atom. The molecule has 4 nitrogen and oxygen atoms in total. The monoisotopic (exact) mass is 293 g/mol. The van der Waals surface area contributed by atoms with Gasteiger partial charge in [-0.05, 0) is 26.3 Å². The van der Waals surface area contributed by atoms with Crippen molar-refractivity contribution in [2.24, 2.45) is 5.41 Å². The third-order valence-electron chi connectivity index (χ3n) is 4.41. The van der Waals surface area contributed by atoms with Crippen molar-refractivity contribution < 1.29 is 4.74 Å². The van der Waals surface area contributed by atoms with Crippen LogP contribution in [0.25, 0.3) is 4.96 Å². The van der Waals surface area contributed by atoms with Crippen LogP contribution in [0.1, 0.15) is 32.4 Å². The maximum Gasteiger partial charge on any atom is 0.193 e. The molecule has 1 saturated heterocycles. The lowest BCUT2D eigenvalue weighted by atomic mass is 9.77. The summed E-state index contributed by atoms with van der Waals surface area (Å²) in [6, 6.07) is 0. The maximum absolute atomic E-state index is 5.86. The first-order valence-electron chi connectivity index (χ1n) is 7.47. The molecular weight excluding hydrogens is 270 g/mol. The highest BCUT2D eigenvalue weighted by molar-refractivity contribution is 7.15. The summed E-state index contributed by atoms with van der Waals surface area (Å²) in [4.78, 5) is 5.83. The first-order valence-corrected chi connectivity index (χ1v) is 8.35. The molecule has 20 heavy (non-hydrogen) atoms. The fourth-order valence-corrected chi connectivity index (χ4v) is 3.80. The van der Waals surface area contributed by atoms with Crippen LogP contribution in [0, 0.1) is 5.41 Å². The Bertz CT molecular complexity index is 536. The second-order valence-corrected chi connectivity index (χ2v) is 6.68. The fraction of sp³-hybridized carbons (Fsp3) is 0.667. The molecule has 0 amide bonds. The fourth-order valence-electron chi connectivity index (χ4n) is 3.08. The molecule has 3 rings (SSSR count). The van der Waals surface area contributed by atoms with Crippen LogP contribution in [-0.2, 0) is 11.2 Å². The zero-order valence-corrected chi connectivity index (χ0v) is 13.1. The van der Waals surface area contributed by atoms with Crippen LogP contribution in [0.4, 0.5) is 0 Å². The van der Waals surface area contributed by atoms with Gasteiger partial charge in [0.1, 0.15) is 0 Å². The lowest BCUT2D eigenvalue weighted by Crippen LogP contribution is -2.41. The first kappa shape index (κ1) is 14.0. The molecule has 2 aromatic rings. The number of nitrogens with zero attached hydrogens (tertiary/aromatic N) is 2. The van der Waals surface area contributed by atoms with Gasteiger partial charge in [-0.1, -0.05) is 6.92 Å². The van der Waals surface area contributed by atoms with Crippen LogP contribution in [0.5, 0.6) is 0 Å². The van der Waals surface area contributed by atoms with Crippen molar-refractivity contribution in [2.45, 2.75) is 39.2 Å². The van der Waals surface area contributed by atoms with E-state index in [1.54, 1.807) is 11.3 Å². The summed E-state index contributed by atoms with van der Waals surface area (Å²) in [5.74, 6) is 0. The van der Waals surface area contributed by atoms with Crippen molar-refractivity contribution >= 4 is 16.3 Å². The van der Waals surface area contributed by atoms with Gasteiger partial charge in [0, 0.05) is 42.8 Å². The molecular formula is C15H23N3OS.